The smallest absolute Gasteiger partial charge is 0.341 e. The van der Waals surface area contributed by atoms with Crippen LogP contribution in [0.1, 0.15) is 58.6 Å². The highest BCUT2D eigenvalue weighted by molar-refractivity contribution is 7.17. The molecule has 0 fully saturated rings. The van der Waals surface area contributed by atoms with Crippen molar-refractivity contribution in [1.29, 1.82) is 5.26 Å². The summed E-state index contributed by atoms with van der Waals surface area (Å²) in [4.78, 5) is 26.9. The molecular formula is C30H29FN2O5S. The number of hydrogen-bond acceptors (Lipinski definition) is 7. The first kappa shape index (κ1) is 27.9. The lowest BCUT2D eigenvalue weighted by molar-refractivity contribution is -0.112. The molecule has 0 radical (unpaired) electrons. The van der Waals surface area contributed by atoms with Gasteiger partial charge in [-0.1, -0.05) is 18.2 Å². The molecule has 1 aliphatic carbocycles. The Bertz CT molecular complexity index is 1420. The summed E-state index contributed by atoms with van der Waals surface area (Å²) in [5.74, 6) is -0.479. The summed E-state index contributed by atoms with van der Waals surface area (Å²) in [7, 11) is 0. The highest BCUT2D eigenvalue weighted by Gasteiger charge is 2.27. The van der Waals surface area contributed by atoms with E-state index in [-0.39, 0.29) is 24.6 Å². The number of benzene rings is 2. The minimum atomic E-state index is -0.615. The normalized spacial score (nSPS) is 12.7. The lowest BCUT2D eigenvalue weighted by Crippen LogP contribution is -2.16. The van der Waals surface area contributed by atoms with Crippen molar-refractivity contribution in [2.24, 2.45) is 0 Å². The number of thiophene rings is 1. The van der Waals surface area contributed by atoms with Crippen molar-refractivity contribution in [3.8, 4) is 17.6 Å². The van der Waals surface area contributed by atoms with E-state index in [0.29, 0.717) is 34.2 Å². The molecule has 0 aliphatic heterocycles. The van der Waals surface area contributed by atoms with Gasteiger partial charge in [0.2, 0.25) is 0 Å². The molecule has 39 heavy (non-hydrogen) atoms. The number of ether oxygens (including phenoxy) is 3. The molecule has 1 amide bonds. The summed E-state index contributed by atoms with van der Waals surface area (Å²) in [6.07, 6.45) is 5.06. The molecule has 1 aromatic heterocycles. The number of nitrogens with one attached hydrogen (secondary N) is 1. The van der Waals surface area contributed by atoms with Crippen LogP contribution in [0.3, 0.4) is 0 Å². The van der Waals surface area contributed by atoms with Gasteiger partial charge in [-0.3, -0.25) is 4.79 Å². The Hall–Kier alpha value is -4.16. The Morgan fingerprint density at radius 1 is 1.05 bits per heavy atom. The molecule has 0 saturated heterocycles. The minimum Gasteiger partial charge on any atom is -0.490 e. The van der Waals surface area contributed by atoms with Gasteiger partial charge in [-0.2, -0.15) is 5.26 Å². The number of anilines is 1. The molecule has 0 bridgehead atoms. The van der Waals surface area contributed by atoms with Gasteiger partial charge >= 0.3 is 5.97 Å². The van der Waals surface area contributed by atoms with E-state index in [9.17, 15) is 19.2 Å². The number of fused-ring (bicyclic) bond motifs is 1. The predicted octanol–water partition coefficient (Wildman–Crippen LogP) is 6.47. The number of carbonyl (C=O) groups excluding carboxylic acids is 2. The quantitative estimate of drug-likeness (QED) is 0.177. The first-order valence-electron chi connectivity index (χ1n) is 12.8. The lowest BCUT2D eigenvalue weighted by Gasteiger charge is -2.13. The van der Waals surface area contributed by atoms with Crippen LogP contribution in [-0.4, -0.2) is 25.1 Å². The van der Waals surface area contributed by atoms with E-state index in [2.05, 4.69) is 5.32 Å². The molecule has 1 N–H and O–H groups in total. The summed E-state index contributed by atoms with van der Waals surface area (Å²) in [6.45, 7) is 4.40. The Morgan fingerprint density at radius 3 is 2.54 bits per heavy atom. The second kappa shape index (κ2) is 13.1. The summed E-state index contributed by atoms with van der Waals surface area (Å²) < 4.78 is 30.0. The van der Waals surface area contributed by atoms with E-state index in [0.717, 1.165) is 41.7 Å². The zero-order chi connectivity index (χ0) is 27.8. The predicted molar refractivity (Wildman–Crippen MR) is 147 cm³/mol. The van der Waals surface area contributed by atoms with Crippen molar-refractivity contribution in [3.05, 3.63) is 81.0 Å². The first-order chi connectivity index (χ1) is 18.9. The Morgan fingerprint density at radius 2 is 1.82 bits per heavy atom. The van der Waals surface area contributed by atoms with Crippen LogP contribution in [-0.2, 0) is 29.0 Å². The summed E-state index contributed by atoms with van der Waals surface area (Å²) in [6, 6.07) is 13.1. The maximum absolute atomic E-state index is 13.2. The molecule has 0 saturated carbocycles. The number of amides is 1. The van der Waals surface area contributed by atoms with Gasteiger partial charge in [-0.15, -0.1) is 11.3 Å². The number of nitriles is 1. The van der Waals surface area contributed by atoms with Crippen LogP contribution < -0.4 is 14.8 Å². The van der Waals surface area contributed by atoms with Crippen molar-refractivity contribution in [2.45, 2.75) is 46.1 Å². The average molecular weight is 549 g/mol. The van der Waals surface area contributed by atoms with Gasteiger partial charge in [0.15, 0.2) is 11.5 Å². The van der Waals surface area contributed by atoms with E-state index in [1.165, 1.54) is 29.5 Å². The molecule has 1 heterocycles. The lowest BCUT2D eigenvalue weighted by atomic mass is 9.95. The van der Waals surface area contributed by atoms with Gasteiger partial charge in [0.1, 0.15) is 29.1 Å². The summed E-state index contributed by atoms with van der Waals surface area (Å²) >= 11 is 1.37. The standard InChI is InChI=1S/C30H29FN2O5S/c1-3-36-25-16-20(11-14-24(25)38-18-19-9-12-22(31)13-10-19)15-21(17-32)28(34)33-29-27(30(35)37-4-2)23-7-5-6-8-26(23)39-29/h9-16H,3-8,18H2,1-2H3,(H,33,34)/b21-15+. The highest BCUT2D eigenvalue weighted by Crippen LogP contribution is 2.39. The molecule has 0 atom stereocenters. The fourth-order valence-corrected chi connectivity index (χ4v) is 5.57. The van der Waals surface area contributed by atoms with Crippen LogP contribution in [0.25, 0.3) is 6.08 Å². The number of aryl methyl sites for hydroxylation is 1. The Balaban J connectivity index is 1.55. The van der Waals surface area contributed by atoms with Gasteiger partial charge in [0.25, 0.3) is 5.91 Å². The number of esters is 1. The van der Waals surface area contributed by atoms with Gasteiger partial charge in [0.05, 0.1) is 18.8 Å². The van der Waals surface area contributed by atoms with Gasteiger partial charge in [-0.25, -0.2) is 9.18 Å². The first-order valence-corrected chi connectivity index (χ1v) is 13.6. The molecule has 0 spiro atoms. The number of nitrogens with zero attached hydrogens (tertiary/aromatic N) is 1. The Labute approximate surface area is 230 Å². The topological polar surface area (TPSA) is 97.7 Å². The molecule has 4 rings (SSSR count). The van der Waals surface area contributed by atoms with Crippen LogP contribution in [0.2, 0.25) is 0 Å². The summed E-state index contributed by atoms with van der Waals surface area (Å²) in [5, 5.41) is 13.0. The van der Waals surface area contributed by atoms with Crippen LogP contribution >= 0.6 is 11.3 Å². The van der Waals surface area contributed by atoms with E-state index in [4.69, 9.17) is 14.2 Å². The molecule has 2 aromatic carbocycles. The number of halogens is 1. The second-order valence-corrected chi connectivity index (χ2v) is 9.92. The molecule has 7 nitrogen and oxygen atoms in total. The van der Waals surface area contributed by atoms with E-state index < -0.39 is 11.9 Å². The largest absolute Gasteiger partial charge is 0.490 e. The van der Waals surface area contributed by atoms with Gasteiger partial charge < -0.3 is 19.5 Å². The monoisotopic (exact) mass is 548 g/mol. The fraction of sp³-hybridized carbons (Fsp3) is 0.300. The molecule has 9 heteroatoms. The maximum Gasteiger partial charge on any atom is 0.341 e. The van der Waals surface area contributed by atoms with Crippen LogP contribution in [0.4, 0.5) is 9.39 Å². The van der Waals surface area contributed by atoms with Gasteiger partial charge in [-0.05, 0) is 86.6 Å². The molecule has 0 unspecified atom stereocenters. The molecular weight excluding hydrogens is 519 g/mol. The zero-order valence-corrected chi connectivity index (χ0v) is 22.7. The van der Waals surface area contributed by atoms with Gasteiger partial charge in [0, 0.05) is 4.88 Å². The fourth-order valence-electron chi connectivity index (χ4n) is 4.30. The van der Waals surface area contributed by atoms with Crippen molar-refractivity contribution in [1.82, 2.24) is 0 Å². The molecule has 202 valence electrons. The van der Waals surface area contributed by atoms with Crippen molar-refractivity contribution >= 4 is 34.3 Å². The van der Waals surface area contributed by atoms with Crippen molar-refractivity contribution in [3.63, 3.8) is 0 Å². The third-order valence-corrected chi connectivity index (χ3v) is 7.34. The Kier molecular flexibility index (Phi) is 9.34. The average Bonchev–Trinajstić information content (AvgIpc) is 3.30. The number of carbonyl (C=O) groups is 2. The highest BCUT2D eigenvalue weighted by atomic mass is 32.1. The van der Waals surface area contributed by atoms with Crippen molar-refractivity contribution < 1.29 is 28.2 Å². The zero-order valence-electron chi connectivity index (χ0n) is 21.8. The second-order valence-electron chi connectivity index (χ2n) is 8.81. The van der Waals surface area contributed by atoms with E-state index >= 15 is 0 Å². The molecule has 1 aliphatic rings. The third kappa shape index (κ3) is 6.84. The van der Waals surface area contributed by atoms with Crippen molar-refractivity contribution in [2.75, 3.05) is 18.5 Å². The minimum absolute atomic E-state index is 0.126. The maximum atomic E-state index is 13.2. The van der Waals surface area contributed by atoms with Crippen LogP contribution in [0.5, 0.6) is 11.5 Å². The number of hydrogen-bond donors (Lipinski definition) is 1. The molecule has 3 aromatic rings. The SMILES string of the molecule is CCOC(=O)c1c(NC(=O)/C(C#N)=C/c2ccc(OCc3ccc(F)cc3)c(OCC)c2)sc2c1CCCC2. The van der Waals surface area contributed by atoms with Crippen LogP contribution in [0, 0.1) is 17.1 Å². The summed E-state index contributed by atoms with van der Waals surface area (Å²) in [5.41, 5.74) is 2.56. The van der Waals surface area contributed by atoms with E-state index in [1.54, 1.807) is 37.3 Å². The number of rotatable bonds is 10. The van der Waals surface area contributed by atoms with Crippen LogP contribution in [0.15, 0.2) is 48.0 Å². The third-order valence-electron chi connectivity index (χ3n) is 6.13. The van der Waals surface area contributed by atoms with E-state index in [1.807, 2.05) is 13.0 Å².